The number of aliphatic carboxylic acids is 2. The molecule has 1 heterocycles. The summed E-state index contributed by atoms with van der Waals surface area (Å²) in [6, 6.07) is 4.98. The predicted molar refractivity (Wildman–Crippen MR) is 64.0 cm³/mol. The van der Waals surface area contributed by atoms with Gasteiger partial charge in [0.1, 0.15) is 12.3 Å². The Morgan fingerprint density at radius 1 is 1.42 bits per heavy atom. The van der Waals surface area contributed by atoms with E-state index in [9.17, 15) is 0 Å². The van der Waals surface area contributed by atoms with E-state index < -0.39 is 11.9 Å². The van der Waals surface area contributed by atoms with Crippen LogP contribution in [0, 0.1) is 6.92 Å². The Kier molecular flexibility index (Phi) is 6.08. The summed E-state index contributed by atoms with van der Waals surface area (Å²) in [5, 5.41) is 18.7. The van der Waals surface area contributed by atoms with E-state index in [1.165, 1.54) is 25.7 Å². The van der Waals surface area contributed by atoms with Crippen molar-refractivity contribution in [3.05, 3.63) is 23.7 Å². The van der Waals surface area contributed by atoms with Crippen molar-refractivity contribution >= 4 is 11.9 Å². The number of nitrogens with two attached hydrogens (primary N) is 1. The standard InChI is InChI=1S/C11H17NO.C2H2O4/c1-9-6-7-11(13-9)8-12-10-4-2-3-5-10;3-1(4)2(5)6/h6-7,10,12H,2-5,8H2,1H3;(H,3,4)(H,5,6). The molecule has 2 rings (SSSR count). The van der Waals surface area contributed by atoms with Crippen LogP contribution in [0.5, 0.6) is 0 Å². The first kappa shape index (κ1) is 15.2. The molecule has 3 N–H and O–H groups in total. The quantitative estimate of drug-likeness (QED) is 0.713. The number of carbonyl (C=O) groups is 2. The van der Waals surface area contributed by atoms with Gasteiger partial charge in [-0.15, -0.1) is 0 Å². The zero-order valence-electron chi connectivity index (χ0n) is 10.9. The summed E-state index contributed by atoms with van der Waals surface area (Å²) in [6.45, 7) is 3.01. The van der Waals surface area contributed by atoms with Gasteiger partial charge in [-0.3, -0.25) is 0 Å². The fraction of sp³-hybridized carbons (Fsp3) is 0.538. The number of rotatable bonds is 3. The highest BCUT2D eigenvalue weighted by molar-refractivity contribution is 6.26. The van der Waals surface area contributed by atoms with Crippen molar-refractivity contribution in [1.29, 1.82) is 0 Å². The van der Waals surface area contributed by atoms with E-state index in [-0.39, 0.29) is 0 Å². The molecule has 1 aromatic heterocycles. The van der Waals surface area contributed by atoms with E-state index in [1.54, 1.807) is 0 Å². The van der Waals surface area contributed by atoms with Gasteiger partial charge in [-0.25, -0.2) is 4.79 Å². The maximum atomic E-state index is 9.04. The third-order valence-electron chi connectivity index (χ3n) is 3.02. The zero-order chi connectivity index (χ0) is 14.3. The van der Waals surface area contributed by atoms with Crippen LogP contribution in [0.1, 0.15) is 37.2 Å². The zero-order valence-corrected chi connectivity index (χ0v) is 10.9. The molecule has 0 unspecified atom stereocenters. The van der Waals surface area contributed by atoms with Crippen molar-refractivity contribution in [3.8, 4) is 0 Å². The van der Waals surface area contributed by atoms with Gasteiger partial charge in [0.2, 0.25) is 0 Å². The number of hydrogen-bond acceptors (Lipinski definition) is 4. The highest BCUT2D eigenvalue weighted by Gasteiger charge is 2.17. The van der Waals surface area contributed by atoms with Gasteiger partial charge in [0.25, 0.3) is 0 Å². The molecular formula is C13H19NO5. The van der Waals surface area contributed by atoms with Crippen LogP contribution in [0.15, 0.2) is 16.5 Å². The summed E-state index contributed by atoms with van der Waals surface area (Å²) in [5.74, 6) is -1.87. The summed E-state index contributed by atoms with van der Waals surface area (Å²) in [7, 11) is 0. The lowest BCUT2D eigenvalue weighted by molar-refractivity contribution is -0.704. The molecule has 106 valence electrons. The summed E-state index contributed by atoms with van der Waals surface area (Å²) in [4.78, 5) is 18.0. The predicted octanol–water partition coefficient (Wildman–Crippen LogP) is -0.585. The average molecular weight is 269 g/mol. The molecule has 1 aliphatic carbocycles. The third kappa shape index (κ3) is 6.05. The van der Waals surface area contributed by atoms with Crippen LogP contribution in [0.4, 0.5) is 0 Å². The Bertz CT molecular complexity index is 408. The highest BCUT2D eigenvalue weighted by Crippen LogP contribution is 2.14. The molecular weight excluding hydrogens is 250 g/mol. The maximum absolute atomic E-state index is 9.04. The molecule has 1 saturated carbocycles. The molecule has 6 heteroatoms. The second kappa shape index (κ2) is 7.58. The van der Waals surface area contributed by atoms with Gasteiger partial charge in [-0.1, -0.05) is 0 Å². The Morgan fingerprint density at radius 3 is 2.42 bits per heavy atom. The van der Waals surface area contributed by atoms with Gasteiger partial charge < -0.3 is 24.7 Å². The van der Waals surface area contributed by atoms with Crippen LogP contribution < -0.4 is 10.4 Å². The lowest BCUT2D eigenvalue weighted by atomic mass is 10.2. The van der Waals surface area contributed by atoms with Crippen LogP contribution in [0.2, 0.25) is 0 Å². The van der Waals surface area contributed by atoms with E-state index in [1.807, 2.05) is 13.0 Å². The molecule has 0 radical (unpaired) electrons. The molecule has 0 aliphatic heterocycles. The molecule has 1 aliphatic rings. The number of carboxylic acid groups (broad SMARTS) is 2. The fourth-order valence-corrected chi connectivity index (χ4v) is 2.07. The van der Waals surface area contributed by atoms with Crippen LogP contribution in [-0.2, 0) is 16.1 Å². The molecule has 19 heavy (non-hydrogen) atoms. The Hall–Kier alpha value is -1.82. The van der Waals surface area contributed by atoms with Gasteiger partial charge in [-0.2, -0.15) is 0 Å². The minimum atomic E-state index is -2.07. The van der Waals surface area contributed by atoms with Crippen molar-refractivity contribution in [1.82, 2.24) is 0 Å². The molecule has 0 aromatic carbocycles. The van der Waals surface area contributed by atoms with Crippen molar-refractivity contribution < 1.29 is 29.5 Å². The molecule has 1 fully saturated rings. The van der Waals surface area contributed by atoms with E-state index in [0.29, 0.717) is 0 Å². The van der Waals surface area contributed by atoms with Gasteiger partial charge in [0.15, 0.2) is 11.7 Å². The minimum absolute atomic E-state index is 0.852. The van der Waals surface area contributed by atoms with Gasteiger partial charge >= 0.3 is 5.97 Å². The topological polar surface area (TPSA) is 107 Å². The van der Waals surface area contributed by atoms with Crippen molar-refractivity contribution in [3.63, 3.8) is 0 Å². The van der Waals surface area contributed by atoms with Gasteiger partial charge in [0.05, 0.1) is 6.04 Å². The van der Waals surface area contributed by atoms with Crippen molar-refractivity contribution in [2.45, 2.75) is 45.2 Å². The third-order valence-corrected chi connectivity index (χ3v) is 3.02. The van der Waals surface area contributed by atoms with E-state index in [4.69, 9.17) is 24.2 Å². The average Bonchev–Trinajstić information content (AvgIpc) is 2.98. The smallest absolute Gasteiger partial charge is 0.351 e. The first-order valence-corrected chi connectivity index (χ1v) is 6.32. The van der Waals surface area contributed by atoms with Crippen LogP contribution >= 0.6 is 0 Å². The molecule has 0 spiro atoms. The molecule has 0 amide bonds. The molecule has 0 atom stereocenters. The maximum Gasteiger partial charge on any atom is 0.351 e. The minimum Gasteiger partial charge on any atom is -0.539 e. The van der Waals surface area contributed by atoms with Crippen molar-refractivity contribution in [2.75, 3.05) is 0 Å². The normalized spacial score (nSPS) is 14.8. The lowest BCUT2D eigenvalue weighted by Gasteiger charge is -2.05. The van der Waals surface area contributed by atoms with Crippen molar-refractivity contribution in [2.24, 2.45) is 0 Å². The molecule has 6 nitrogen and oxygen atoms in total. The molecule has 0 bridgehead atoms. The number of furan rings is 1. The number of aryl methyl sites for hydroxylation is 1. The summed E-state index contributed by atoms with van der Waals surface area (Å²) in [6.07, 6.45) is 5.61. The lowest BCUT2D eigenvalue weighted by Crippen LogP contribution is -2.87. The number of quaternary nitrogens is 1. The summed E-state index contributed by atoms with van der Waals surface area (Å²) >= 11 is 0. The first-order valence-electron chi connectivity index (χ1n) is 6.32. The van der Waals surface area contributed by atoms with Gasteiger partial charge in [0, 0.05) is 0 Å². The van der Waals surface area contributed by atoms with Crippen LogP contribution in [0.3, 0.4) is 0 Å². The number of carbonyl (C=O) groups excluding carboxylic acids is 1. The van der Waals surface area contributed by atoms with E-state index >= 15 is 0 Å². The Morgan fingerprint density at radius 2 is 2.00 bits per heavy atom. The van der Waals surface area contributed by atoms with Gasteiger partial charge in [-0.05, 0) is 44.7 Å². The first-order chi connectivity index (χ1) is 8.99. The summed E-state index contributed by atoms with van der Waals surface area (Å²) < 4.78 is 5.51. The second-order valence-electron chi connectivity index (χ2n) is 4.59. The largest absolute Gasteiger partial charge is 0.539 e. The number of hydrogen-bond donors (Lipinski definition) is 2. The number of carboxylic acids is 2. The molecule has 0 saturated heterocycles. The Balaban J connectivity index is 0.000000258. The van der Waals surface area contributed by atoms with E-state index in [0.717, 1.165) is 24.1 Å². The Labute approximate surface area is 111 Å². The summed E-state index contributed by atoms with van der Waals surface area (Å²) in [5.41, 5.74) is 0. The van der Waals surface area contributed by atoms with Crippen LogP contribution in [0.25, 0.3) is 0 Å². The van der Waals surface area contributed by atoms with Crippen LogP contribution in [-0.4, -0.2) is 23.1 Å². The van der Waals surface area contributed by atoms with E-state index in [2.05, 4.69) is 11.4 Å². The monoisotopic (exact) mass is 269 g/mol. The fourth-order valence-electron chi connectivity index (χ4n) is 2.07. The SMILES string of the molecule is Cc1ccc(C[NH2+]C2CCCC2)o1.O=C([O-])C(=O)O. The second-order valence-corrected chi connectivity index (χ2v) is 4.59. The highest BCUT2D eigenvalue weighted by atomic mass is 16.4. The molecule has 1 aromatic rings.